The lowest BCUT2D eigenvalue weighted by molar-refractivity contribution is -0.123. The Bertz CT molecular complexity index is 683. The molecule has 1 aliphatic rings. The first-order valence-corrected chi connectivity index (χ1v) is 8.91. The van der Waals surface area contributed by atoms with Crippen LogP contribution in [0.2, 0.25) is 0 Å². The average Bonchev–Trinajstić information content (AvgIpc) is 3.46. The lowest BCUT2D eigenvalue weighted by Crippen LogP contribution is -2.42. The molecule has 0 heterocycles. The van der Waals surface area contributed by atoms with Gasteiger partial charge < -0.3 is 5.32 Å². The molecule has 2 aromatic rings. The molecule has 25 heavy (non-hydrogen) atoms. The molecule has 4 heteroatoms. The van der Waals surface area contributed by atoms with Crippen molar-refractivity contribution in [2.24, 2.45) is 5.92 Å². The predicted molar refractivity (Wildman–Crippen MR) is 97.3 cm³/mol. The number of hydrogen-bond acceptors (Lipinski definition) is 2. The third-order valence-electron chi connectivity index (χ3n) is 4.86. The number of rotatable bonds is 8. The van der Waals surface area contributed by atoms with E-state index in [1.54, 1.807) is 12.1 Å². The van der Waals surface area contributed by atoms with Gasteiger partial charge in [-0.3, -0.25) is 9.69 Å². The fourth-order valence-electron chi connectivity index (χ4n) is 3.08. The predicted octanol–water partition coefficient (Wildman–Crippen LogP) is 3.74. The highest BCUT2D eigenvalue weighted by Crippen LogP contribution is 2.35. The van der Waals surface area contributed by atoms with Crippen LogP contribution >= 0.6 is 0 Å². The SMILES string of the molecule is CC(C1CC1)N(CC(=O)NCc1ccc(F)cc1)Cc1ccccc1. The molecule has 1 atom stereocenters. The summed E-state index contributed by atoms with van der Waals surface area (Å²) < 4.78 is 12.9. The highest BCUT2D eigenvalue weighted by molar-refractivity contribution is 5.78. The van der Waals surface area contributed by atoms with Gasteiger partial charge in [-0.15, -0.1) is 0 Å². The topological polar surface area (TPSA) is 32.3 Å². The van der Waals surface area contributed by atoms with E-state index in [9.17, 15) is 9.18 Å². The van der Waals surface area contributed by atoms with Crippen LogP contribution in [-0.2, 0) is 17.9 Å². The maximum Gasteiger partial charge on any atom is 0.234 e. The molecule has 0 saturated heterocycles. The molecule has 1 fully saturated rings. The molecule has 1 unspecified atom stereocenters. The van der Waals surface area contributed by atoms with E-state index in [2.05, 4.69) is 29.3 Å². The van der Waals surface area contributed by atoms with E-state index in [1.807, 2.05) is 18.2 Å². The van der Waals surface area contributed by atoms with Gasteiger partial charge in [0.05, 0.1) is 6.54 Å². The minimum atomic E-state index is -0.262. The number of carbonyl (C=O) groups excluding carboxylic acids is 1. The van der Waals surface area contributed by atoms with Crippen molar-refractivity contribution >= 4 is 5.91 Å². The molecule has 3 rings (SSSR count). The molecule has 0 spiro atoms. The molecule has 1 N–H and O–H groups in total. The second-order valence-electron chi connectivity index (χ2n) is 6.87. The van der Waals surface area contributed by atoms with Crippen LogP contribution in [0.15, 0.2) is 54.6 Å². The highest BCUT2D eigenvalue weighted by Gasteiger charge is 2.32. The zero-order chi connectivity index (χ0) is 17.6. The largest absolute Gasteiger partial charge is 0.351 e. The van der Waals surface area contributed by atoms with Crippen molar-refractivity contribution in [3.8, 4) is 0 Å². The van der Waals surface area contributed by atoms with Crippen LogP contribution in [0.4, 0.5) is 4.39 Å². The third kappa shape index (κ3) is 5.40. The molecule has 0 radical (unpaired) electrons. The summed E-state index contributed by atoms with van der Waals surface area (Å²) >= 11 is 0. The van der Waals surface area contributed by atoms with Gasteiger partial charge in [-0.2, -0.15) is 0 Å². The summed E-state index contributed by atoms with van der Waals surface area (Å²) in [5.74, 6) is 0.448. The fourth-order valence-corrected chi connectivity index (χ4v) is 3.08. The summed E-state index contributed by atoms with van der Waals surface area (Å²) in [6.45, 7) is 3.81. The molecule has 2 aromatic carbocycles. The maximum atomic E-state index is 12.9. The number of nitrogens with one attached hydrogen (secondary N) is 1. The zero-order valence-corrected chi connectivity index (χ0v) is 14.6. The van der Waals surface area contributed by atoms with Crippen molar-refractivity contribution < 1.29 is 9.18 Å². The number of nitrogens with zero attached hydrogens (tertiary/aromatic N) is 1. The molecule has 1 aliphatic carbocycles. The monoisotopic (exact) mass is 340 g/mol. The fraction of sp³-hybridized carbons (Fsp3) is 0.381. The molecular formula is C21H25FN2O. The first-order chi connectivity index (χ1) is 12.1. The highest BCUT2D eigenvalue weighted by atomic mass is 19.1. The zero-order valence-electron chi connectivity index (χ0n) is 14.6. The van der Waals surface area contributed by atoms with Crippen LogP contribution in [0, 0.1) is 11.7 Å². The van der Waals surface area contributed by atoms with Gasteiger partial charge in [0.2, 0.25) is 5.91 Å². The van der Waals surface area contributed by atoms with Crippen LogP contribution in [0.3, 0.4) is 0 Å². The maximum absolute atomic E-state index is 12.9. The van der Waals surface area contributed by atoms with Gasteiger partial charge in [-0.1, -0.05) is 42.5 Å². The van der Waals surface area contributed by atoms with Crippen LogP contribution < -0.4 is 5.32 Å². The normalized spacial score (nSPS) is 15.2. The van der Waals surface area contributed by atoms with Crippen LogP contribution in [-0.4, -0.2) is 23.4 Å². The second kappa shape index (κ2) is 8.26. The Balaban J connectivity index is 1.56. The average molecular weight is 340 g/mol. The molecule has 132 valence electrons. The summed E-state index contributed by atoms with van der Waals surface area (Å²) in [6.07, 6.45) is 2.51. The van der Waals surface area contributed by atoms with Gasteiger partial charge in [0.15, 0.2) is 0 Å². The number of halogens is 1. The summed E-state index contributed by atoms with van der Waals surface area (Å²) in [4.78, 5) is 14.7. The van der Waals surface area contributed by atoms with Crippen LogP contribution in [0.5, 0.6) is 0 Å². The van der Waals surface area contributed by atoms with Crippen molar-refractivity contribution in [1.29, 1.82) is 0 Å². The number of carbonyl (C=O) groups is 1. The molecular weight excluding hydrogens is 315 g/mol. The van der Waals surface area contributed by atoms with E-state index in [-0.39, 0.29) is 11.7 Å². The van der Waals surface area contributed by atoms with Crippen molar-refractivity contribution in [1.82, 2.24) is 10.2 Å². The Morgan fingerprint density at radius 1 is 1.12 bits per heavy atom. The molecule has 1 saturated carbocycles. The van der Waals surface area contributed by atoms with Crippen molar-refractivity contribution in [2.75, 3.05) is 6.54 Å². The van der Waals surface area contributed by atoms with Gasteiger partial charge in [0.25, 0.3) is 0 Å². The summed E-state index contributed by atoms with van der Waals surface area (Å²) in [7, 11) is 0. The molecule has 0 aromatic heterocycles. The lowest BCUT2D eigenvalue weighted by Gasteiger charge is -2.28. The summed E-state index contributed by atoms with van der Waals surface area (Å²) in [5, 5.41) is 2.95. The standard InChI is InChI=1S/C21H25FN2O/c1-16(19-9-10-19)24(14-18-5-3-2-4-6-18)15-21(25)23-13-17-7-11-20(22)12-8-17/h2-8,11-12,16,19H,9-10,13-15H2,1H3,(H,23,25). The second-order valence-corrected chi connectivity index (χ2v) is 6.87. The third-order valence-corrected chi connectivity index (χ3v) is 4.86. The first-order valence-electron chi connectivity index (χ1n) is 8.91. The van der Waals surface area contributed by atoms with E-state index in [0.29, 0.717) is 25.0 Å². The molecule has 0 aliphatic heterocycles. The van der Waals surface area contributed by atoms with Gasteiger partial charge in [-0.25, -0.2) is 4.39 Å². The Labute approximate surface area is 148 Å². The van der Waals surface area contributed by atoms with E-state index < -0.39 is 0 Å². The number of hydrogen-bond donors (Lipinski definition) is 1. The van der Waals surface area contributed by atoms with Crippen LogP contribution in [0.1, 0.15) is 30.9 Å². The van der Waals surface area contributed by atoms with Gasteiger partial charge in [0, 0.05) is 19.1 Å². The van der Waals surface area contributed by atoms with E-state index in [1.165, 1.54) is 30.5 Å². The lowest BCUT2D eigenvalue weighted by atomic mass is 10.1. The minimum Gasteiger partial charge on any atom is -0.351 e. The Kier molecular flexibility index (Phi) is 5.82. The smallest absolute Gasteiger partial charge is 0.234 e. The van der Waals surface area contributed by atoms with E-state index >= 15 is 0 Å². The number of benzene rings is 2. The Hall–Kier alpha value is -2.20. The van der Waals surface area contributed by atoms with Gasteiger partial charge in [-0.05, 0) is 48.9 Å². The quantitative estimate of drug-likeness (QED) is 0.794. The van der Waals surface area contributed by atoms with E-state index in [0.717, 1.165) is 12.1 Å². The Morgan fingerprint density at radius 2 is 1.80 bits per heavy atom. The van der Waals surface area contributed by atoms with Crippen molar-refractivity contribution in [3.05, 3.63) is 71.5 Å². The minimum absolute atomic E-state index is 0.00718. The number of amides is 1. The van der Waals surface area contributed by atoms with Crippen molar-refractivity contribution in [2.45, 2.75) is 38.9 Å². The van der Waals surface area contributed by atoms with E-state index in [4.69, 9.17) is 0 Å². The summed E-state index contributed by atoms with van der Waals surface area (Å²) in [6, 6.07) is 16.9. The first kappa shape index (κ1) is 17.6. The molecule has 3 nitrogen and oxygen atoms in total. The van der Waals surface area contributed by atoms with Gasteiger partial charge in [0.1, 0.15) is 5.82 Å². The Morgan fingerprint density at radius 3 is 2.44 bits per heavy atom. The van der Waals surface area contributed by atoms with Crippen LogP contribution in [0.25, 0.3) is 0 Å². The molecule has 1 amide bonds. The van der Waals surface area contributed by atoms with Gasteiger partial charge >= 0.3 is 0 Å². The summed E-state index contributed by atoms with van der Waals surface area (Å²) in [5.41, 5.74) is 2.13. The molecule has 0 bridgehead atoms. The van der Waals surface area contributed by atoms with Crippen molar-refractivity contribution in [3.63, 3.8) is 0 Å².